The number of piperazine rings is 1. The number of aliphatic carboxylic acids is 1. The second-order valence-electron chi connectivity index (χ2n) is 9.72. The summed E-state index contributed by atoms with van der Waals surface area (Å²) >= 11 is 0. The number of carbonyl (C=O) groups excluding carboxylic acids is 1. The molecule has 0 aliphatic carbocycles. The second kappa shape index (κ2) is 15.2. The van der Waals surface area contributed by atoms with Crippen molar-refractivity contribution in [1.82, 2.24) is 9.80 Å². The lowest BCUT2D eigenvalue weighted by atomic mass is 10.0. The van der Waals surface area contributed by atoms with Crippen molar-refractivity contribution in [3.8, 4) is 0 Å². The van der Waals surface area contributed by atoms with Gasteiger partial charge >= 0.3 is 6.18 Å². The summed E-state index contributed by atoms with van der Waals surface area (Å²) in [6.07, 6.45) is -3.18. The van der Waals surface area contributed by atoms with Gasteiger partial charge in [-0.25, -0.2) is 0 Å². The Labute approximate surface area is 237 Å². The van der Waals surface area contributed by atoms with E-state index in [-0.39, 0.29) is 25.1 Å². The Morgan fingerprint density at radius 2 is 1.61 bits per heavy atom. The summed E-state index contributed by atoms with van der Waals surface area (Å²) in [7, 11) is 0. The molecule has 2 saturated heterocycles. The number of anilines is 2. The Morgan fingerprint density at radius 1 is 1.02 bits per heavy atom. The Morgan fingerprint density at radius 3 is 2.15 bits per heavy atom. The minimum absolute atomic E-state index is 0. The van der Waals surface area contributed by atoms with Gasteiger partial charge in [-0.15, -0.1) is 0 Å². The van der Waals surface area contributed by atoms with Crippen LogP contribution in [0.2, 0.25) is 0 Å². The Balaban J connectivity index is 0.00000110. The zero-order valence-corrected chi connectivity index (χ0v) is 22.3. The highest BCUT2D eigenvalue weighted by atomic mass is 19.4. The summed E-state index contributed by atoms with van der Waals surface area (Å²) in [5.41, 5.74) is -0.829. The average molecular weight is 582 g/mol. The maximum Gasteiger partial charge on any atom is 0.423 e. The van der Waals surface area contributed by atoms with E-state index in [1.165, 1.54) is 11.8 Å². The highest BCUT2D eigenvalue weighted by molar-refractivity contribution is 5.76. The fraction of sp³-hybridized carbons (Fsp3) is 0.500. The molecule has 2 aromatic carbocycles. The maximum atomic E-state index is 13.2. The zero-order valence-electron chi connectivity index (χ0n) is 22.3. The van der Waals surface area contributed by atoms with E-state index in [4.69, 9.17) is 9.90 Å². The third-order valence-electron chi connectivity index (χ3n) is 6.85. The van der Waals surface area contributed by atoms with Gasteiger partial charge in [0.2, 0.25) is 5.91 Å². The van der Waals surface area contributed by atoms with Gasteiger partial charge < -0.3 is 20.2 Å². The number of halogens is 3. The van der Waals surface area contributed by atoms with Gasteiger partial charge in [0.1, 0.15) is 5.56 Å². The van der Waals surface area contributed by atoms with Crippen molar-refractivity contribution in [2.75, 3.05) is 56.0 Å². The van der Waals surface area contributed by atoms with Crippen LogP contribution >= 0.6 is 0 Å². The number of nitro benzene ring substituents is 1. The van der Waals surface area contributed by atoms with Crippen LogP contribution in [0.25, 0.3) is 0 Å². The van der Waals surface area contributed by atoms with E-state index in [0.29, 0.717) is 38.9 Å². The summed E-state index contributed by atoms with van der Waals surface area (Å²) in [6.45, 7) is 6.51. The molecule has 0 aromatic heterocycles. The van der Waals surface area contributed by atoms with Gasteiger partial charge in [0.15, 0.2) is 0 Å². The zero-order chi connectivity index (χ0) is 29.3. The second-order valence-corrected chi connectivity index (χ2v) is 9.72. The lowest BCUT2D eigenvalue weighted by Gasteiger charge is -2.37. The number of amides is 1. The number of para-hydroxylation sites is 1. The lowest BCUT2D eigenvalue weighted by Crippen LogP contribution is -2.48. The number of piperidine rings is 1. The number of rotatable bonds is 7. The molecule has 2 aliphatic rings. The van der Waals surface area contributed by atoms with E-state index >= 15 is 0 Å². The molecular weight excluding hydrogens is 543 g/mol. The predicted octanol–water partition coefficient (Wildman–Crippen LogP) is 4.96. The van der Waals surface area contributed by atoms with E-state index in [1.807, 2.05) is 23.1 Å². The highest BCUT2D eigenvalue weighted by Crippen LogP contribution is 2.38. The minimum Gasteiger partial charge on any atom is -0.481 e. The van der Waals surface area contributed by atoms with Gasteiger partial charge in [0.05, 0.1) is 4.92 Å². The van der Waals surface area contributed by atoms with Gasteiger partial charge in [0.25, 0.3) is 11.7 Å². The van der Waals surface area contributed by atoms with Crippen LogP contribution in [0.5, 0.6) is 0 Å². The number of nitrogens with zero attached hydrogens (tertiary/aromatic N) is 4. The monoisotopic (exact) mass is 581 g/mol. The minimum atomic E-state index is -4.82. The van der Waals surface area contributed by atoms with Gasteiger partial charge in [-0.2, -0.15) is 13.2 Å². The molecule has 0 atom stereocenters. The first-order valence-electron chi connectivity index (χ1n) is 13.1. The molecule has 4 rings (SSSR count). The number of likely N-dealkylation sites (tertiary alicyclic amines) is 1. The van der Waals surface area contributed by atoms with E-state index in [2.05, 4.69) is 27.2 Å². The average Bonchev–Trinajstić information content (AvgIpc) is 2.92. The molecule has 226 valence electrons. The van der Waals surface area contributed by atoms with Gasteiger partial charge in [-0.05, 0) is 37.1 Å². The Hall–Kier alpha value is -3.87. The molecule has 2 heterocycles. The summed E-state index contributed by atoms with van der Waals surface area (Å²) in [5.74, 6) is -0.742. The van der Waals surface area contributed by atoms with Crippen molar-refractivity contribution in [1.29, 1.82) is 0 Å². The predicted molar refractivity (Wildman–Crippen MR) is 151 cm³/mol. The largest absolute Gasteiger partial charge is 0.481 e. The fourth-order valence-corrected chi connectivity index (χ4v) is 4.80. The Bertz CT molecular complexity index is 1150. The fourth-order valence-electron chi connectivity index (χ4n) is 4.80. The third kappa shape index (κ3) is 10.2. The molecule has 41 heavy (non-hydrogen) atoms. The number of hydrogen-bond donors (Lipinski definition) is 2. The molecule has 0 unspecified atom stereocenters. The molecule has 0 bridgehead atoms. The van der Waals surface area contributed by atoms with Crippen LogP contribution in [0.3, 0.4) is 0 Å². The van der Waals surface area contributed by atoms with Crippen LogP contribution in [-0.2, 0) is 15.8 Å². The van der Waals surface area contributed by atoms with E-state index in [9.17, 15) is 28.1 Å². The molecule has 1 amide bonds. The quantitative estimate of drug-likeness (QED) is 0.348. The topological polar surface area (TPSA) is 119 Å². The summed E-state index contributed by atoms with van der Waals surface area (Å²) < 4.78 is 39.7. The highest BCUT2D eigenvalue weighted by Gasteiger charge is 2.38. The number of nitro groups is 1. The molecule has 2 aliphatic heterocycles. The first kappa shape index (κ1) is 33.3. The van der Waals surface area contributed by atoms with Crippen LogP contribution < -0.4 is 10.2 Å². The first-order chi connectivity index (χ1) is 18.9. The number of carboxylic acids is 1. The van der Waals surface area contributed by atoms with Crippen molar-refractivity contribution in [3.63, 3.8) is 0 Å². The van der Waals surface area contributed by atoms with E-state index < -0.39 is 28.3 Å². The first-order valence-corrected chi connectivity index (χ1v) is 13.1. The summed E-state index contributed by atoms with van der Waals surface area (Å²) in [6, 6.07) is 13.1. The smallest absolute Gasteiger partial charge is 0.423 e. The van der Waals surface area contributed by atoms with Crippen LogP contribution in [-0.4, -0.2) is 83.6 Å². The van der Waals surface area contributed by atoms with Gasteiger partial charge in [-0.3, -0.25) is 24.6 Å². The number of nitrogens with one attached hydrogen (secondary N) is 1. The number of carbonyl (C=O) groups is 2. The van der Waals surface area contributed by atoms with Crippen LogP contribution in [0, 0.1) is 10.1 Å². The van der Waals surface area contributed by atoms with Crippen LogP contribution in [0.15, 0.2) is 48.5 Å². The molecule has 2 N–H and O–H groups in total. The van der Waals surface area contributed by atoms with E-state index in [0.717, 1.165) is 45.2 Å². The van der Waals surface area contributed by atoms with Crippen molar-refractivity contribution < 1.29 is 32.8 Å². The molecule has 2 fully saturated rings. The van der Waals surface area contributed by atoms with Crippen molar-refractivity contribution >= 4 is 28.9 Å². The van der Waals surface area contributed by atoms with Crippen molar-refractivity contribution in [2.24, 2.45) is 0 Å². The van der Waals surface area contributed by atoms with Crippen molar-refractivity contribution in [2.45, 2.75) is 45.8 Å². The van der Waals surface area contributed by atoms with E-state index in [1.54, 1.807) is 0 Å². The molecule has 0 spiro atoms. The molecule has 10 nitrogen and oxygen atoms in total. The summed E-state index contributed by atoms with van der Waals surface area (Å²) in [5, 5.41) is 21.4. The van der Waals surface area contributed by atoms with Crippen LogP contribution in [0.1, 0.15) is 39.2 Å². The number of carboxylic acid groups (broad SMARTS) is 1. The number of hydrogen-bond acceptors (Lipinski definition) is 7. The normalized spacial score (nSPS) is 16.2. The maximum absolute atomic E-state index is 13.2. The molecule has 13 heteroatoms. The number of benzene rings is 2. The molecule has 2 aromatic rings. The van der Waals surface area contributed by atoms with Crippen LogP contribution in [0.4, 0.5) is 30.2 Å². The molecular formula is C28H38F3N5O5. The molecule has 0 radical (unpaired) electrons. The third-order valence-corrected chi connectivity index (χ3v) is 6.85. The Kier molecular flexibility index (Phi) is 12.4. The SMILES string of the molecule is C.CC(=O)O.O=C(CCN1CCN(c2ccccc2)CC1)N1CCC(Nc2ccc([N+](=O)[O-])c(C(F)(F)F)c2)CC1. The molecule has 0 saturated carbocycles. The van der Waals surface area contributed by atoms with Gasteiger partial charge in [0, 0.05) is 82.6 Å². The van der Waals surface area contributed by atoms with Gasteiger partial charge in [-0.1, -0.05) is 25.6 Å². The standard InChI is InChI=1S/C25H30F3N5O3.C2H4O2.CH4/c26-25(27,28)22-18-20(6-7-23(22)33(35)36)29-19-8-12-32(13-9-19)24(34)10-11-30-14-16-31(17-15-30)21-4-2-1-3-5-21;1-2(3)4;/h1-7,18-19,29H,8-17H2;1H3,(H,3,4);1H4. The summed E-state index contributed by atoms with van der Waals surface area (Å²) in [4.78, 5) is 38.1. The lowest BCUT2D eigenvalue weighted by molar-refractivity contribution is -0.388. The van der Waals surface area contributed by atoms with Crippen molar-refractivity contribution in [3.05, 3.63) is 64.2 Å². The number of alkyl halides is 3.